The van der Waals surface area contributed by atoms with Gasteiger partial charge in [0.2, 0.25) is 0 Å². The molecule has 3 unspecified atom stereocenters. The van der Waals surface area contributed by atoms with Gasteiger partial charge in [0.1, 0.15) is 0 Å². The fourth-order valence-corrected chi connectivity index (χ4v) is 4.79. The van der Waals surface area contributed by atoms with E-state index in [4.69, 9.17) is 0 Å². The van der Waals surface area contributed by atoms with Gasteiger partial charge in [-0.05, 0) is 41.2 Å². The minimum Gasteiger partial charge on any atom is -0.289 e. The molecule has 1 saturated carbocycles. The van der Waals surface area contributed by atoms with E-state index in [1.165, 1.54) is 23.1 Å². The molecule has 161 valence electrons. The van der Waals surface area contributed by atoms with Crippen molar-refractivity contribution in [3.05, 3.63) is 120 Å². The standard InChI is InChI=1S/C29H27N2O.Pr/c1-2-26(23-8-10-25(11-9-23)29(32)24-6-4-3-5-7-24)27-20-28(27)31-18-14-22(15-19-31)21-12-16-30-17-13-21;/h3-19,26-28H,2,20H2,1H3;/q+1;. The second-order valence-corrected chi connectivity index (χ2v) is 8.57. The molecule has 2 heterocycles. The molecule has 5 rings (SSSR count). The van der Waals surface area contributed by atoms with Gasteiger partial charge < -0.3 is 0 Å². The van der Waals surface area contributed by atoms with Gasteiger partial charge in [0, 0.05) is 89.3 Å². The fraction of sp³-hybridized carbons (Fsp3) is 0.207. The second-order valence-electron chi connectivity index (χ2n) is 8.57. The summed E-state index contributed by atoms with van der Waals surface area (Å²) in [5.74, 6) is 1.22. The Morgan fingerprint density at radius 3 is 2.12 bits per heavy atom. The maximum atomic E-state index is 12.7. The largest absolute Gasteiger partial charge is 0.289 e. The first-order valence-corrected chi connectivity index (χ1v) is 11.4. The molecule has 33 heavy (non-hydrogen) atoms. The molecule has 3 atom stereocenters. The molecule has 4 heteroatoms. The molecule has 1 radical (unpaired) electrons. The van der Waals surface area contributed by atoms with Crippen LogP contribution in [-0.2, 0) is 0 Å². The van der Waals surface area contributed by atoms with E-state index in [9.17, 15) is 4.79 Å². The number of aromatic nitrogens is 2. The van der Waals surface area contributed by atoms with Crippen LogP contribution in [0.4, 0.5) is 0 Å². The van der Waals surface area contributed by atoms with Crippen molar-refractivity contribution >= 4 is 5.78 Å². The molecule has 4 aromatic rings. The van der Waals surface area contributed by atoms with Crippen molar-refractivity contribution in [2.45, 2.75) is 31.7 Å². The van der Waals surface area contributed by atoms with Gasteiger partial charge in [0.15, 0.2) is 24.2 Å². The van der Waals surface area contributed by atoms with Crippen LogP contribution >= 0.6 is 0 Å². The quantitative estimate of drug-likeness (QED) is 0.205. The van der Waals surface area contributed by atoms with Gasteiger partial charge in [-0.15, -0.1) is 0 Å². The van der Waals surface area contributed by atoms with Crippen LogP contribution in [0.25, 0.3) is 11.1 Å². The van der Waals surface area contributed by atoms with E-state index in [-0.39, 0.29) is 47.1 Å². The van der Waals surface area contributed by atoms with Crippen LogP contribution in [0.1, 0.15) is 53.2 Å². The minimum atomic E-state index is 0. The maximum Gasteiger partial charge on any atom is 0.193 e. The molecule has 1 aliphatic carbocycles. The van der Waals surface area contributed by atoms with Gasteiger partial charge in [-0.2, -0.15) is 0 Å². The second kappa shape index (κ2) is 10.8. The van der Waals surface area contributed by atoms with Gasteiger partial charge in [-0.25, -0.2) is 4.57 Å². The third kappa shape index (κ3) is 5.31. The molecule has 0 saturated heterocycles. The first kappa shape index (κ1) is 23.9. The van der Waals surface area contributed by atoms with Crippen LogP contribution < -0.4 is 4.57 Å². The van der Waals surface area contributed by atoms with Crippen molar-refractivity contribution in [1.82, 2.24) is 4.98 Å². The van der Waals surface area contributed by atoms with Crippen LogP contribution in [0.3, 0.4) is 0 Å². The van der Waals surface area contributed by atoms with Crippen molar-refractivity contribution in [2.24, 2.45) is 5.92 Å². The number of benzene rings is 2. The van der Waals surface area contributed by atoms with Crippen LogP contribution in [-0.4, -0.2) is 10.8 Å². The van der Waals surface area contributed by atoms with Gasteiger partial charge in [0.05, 0.1) is 0 Å². The predicted molar refractivity (Wildman–Crippen MR) is 126 cm³/mol. The Morgan fingerprint density at radius 1 is 0.879 bits per heavy atom. The first-order valence-electron chi connectivity index (χ1n) is 11.4. The summed E-state index contributed by atoms with van der Waals surface area (Å²) in [6.07, 6.45) is 10.4. The van der Waals surface area contributed by atoms with Crippen LogP contribution in [0.5, 0.6) is 0 Å². The van der Waals surface area contributed by atoms with E-state index in [2.05, 4.69) is 53.1 Å². The number of nitrogens with zero attached hydrogens (tertiary/aromatic N) is 2. The minimum absolute atomic E-state index is 0. The third-order valence-electron chi connectivity index (χ3n) is 6.65. The fourth-order valence-electron chi connectivity index (χ4n) is 4.79. The predicted octanol–water partition coefficient (Wildman–Crippen LogP) is 6.02. The zero-order valence-electron chi connectivity index (χ0n) is 18.8. The number of ketones is 1. The van der Waals surface area contributed by atoms with Crippen molar-refractivity contribution in [3.63, 3.8) is 0 Å². The van der Waals surface area contributed by atoms with Crippen LogP contribution in [0.2, 0.25) is 0 Å². The molecule has 0 bridgehead atoms. The molecular weight excluding hydrogens is 533 g/mol. The molecular formula is C29H27N2OPr+. The van der Waals surface area contributed by atoms with Gasteiger partial charge >= 0.3 is 0 Å². The monoisotopic (exact) mass is 560 g/mol. The van der Waals surface area contributed by atoms with Crippen molar-refractivity contribution in [1.29, 1.82) is 0 Å². The van der Waals surface area contributed by atoms with Gasteiger partial charge in [0.25, 0.3) is 0 Å². The van der Waals surface area contributed by atoms with Gasteiger partial charge in [-0.3, -0.25) is 9.78 Å². The summed E-state index contributed by atoms with van der Waals surface area (Å²) in [7, 11) is 0. The van der Waals surface area contributed by atoms with E-state index < -0.39 is 0 Å². The Labute approximate surface area is 228 Å². The summed E-state index contributed by atoms with van der Waals surface area (Å²) in [4.78, 5) is 16.8. The normalized spacial score (nSPS) is 17.6. The summed E-state index contributed by atoms with van der Waals surface area (Å²) in [5.41, 5.74) is 5.23. The molecule has 1 fully saturated rings. The summed E-state index contributed by atoms with van der Waals surface area (Å²) in [5, 5.41) is 0. The average molecular weight is 560 g/mol. The maximum absolute atomic E-state index is 12.7. The van der Waals surface area contributed by atoms with Crippen molar-refractivity contribution < 1.29 is 50.7 Å². The molecule has 0 amide bonds. The first-order chi connectivity index (χ1) is 15.7. The summed E-state index contributed by atoms with van der Waals surface area (Å²) >= 11 is 0. The van der Waals surface area contributed by atoms with Crippen LogP contribution in [0.15, 0.2) is 104 Å². The van der Waals surface area contributed by atoms with Crippen molar-refractivity contribution in [3.8, 4) is 11.1 Å². The Hall–Kier alpha value is -2.23. The Kier molecular flexibility index (Phi) is 7.83. The van der Waals surface area contributed by atoms with E-state index in [1.54, 1.807) is 0 Å². The number of carbonyl (C=O) groups is 1. The number of carbonyl (C=O) groups excluding carboxylic acids is 1. The van der Waals surface area contributed by atoms with E-state index >= 15 is 0 Å². The van der Waals surface area contributed by atoms with E-state index in [0.717, 1.165) is 17.5 Å². The average Bonchev–Trinajstić information content (AvgIpc) is 3.66. The molecule has 1 aliphatic rings. The van der Waals surface area contributed by atoms with Gasteiger partial charge in [-0.1, -0.05) is 61.5 Å². The number of hydrogen-bond acceptors (Lipinski definition) is 2. The van der Waals surface area contributed by atoms with E-state index in [1.807, 2.05) is 67.0 Å². The topological polar surface area (TPSA) is 33.8 Å². The summed E-state index contributed by atoms with van der Waals surface area (Å²) in [6, 6.07) is 26.8. The smallest absolute Gasteiger partial charge is 0.193 e. The molecule has 2 aromatic heterocycles. The Morgan fingerprint density at radius 2 is 1.48 bits per heavy atom. The number of rotatable bonds is 7. The molecule has 0 aliphatic heterocycles. The number of pyridine rings is 2. The van der Waals surface area contributed by atoms with Crippen LogP contribution in [0, 0.1) is 47.2 Å². The number of hydrogen-bond donors (Lipinski definition) is 0. The summed E-state index contributed by atoms with van der Waals surface area (Å²) < 4.78 is 2.35. The van der Waals surface area contributed by atoms with Crippen molar-refractivity contribution in [2.75, 3.05) is 0 Å². The Balaban J connectivity index is 0.00000259. The van der Waals surface area contributed by atoms with E-state index in [0.29, 0.717) is 17.9 Å². The molecule has 3 nitrogen and oxygen atoms in total. The Bertz CT molecular complexity index is 1190. The zero-order valence-corrected chi connectivity index (χ0v) is 22.5. The zero-order chi connectivity index (χ0) is 21.9. The molecule has 0 N–H and O–H groups in total. The molecule has 0 spiro atoms. The third-order valence-corrected chi connectivity index (χ3v) is 6.65. The molecule has 2 aromatic carbocycles. The SMILES string of the molecule is CCC(c1ccc(C(=O)c2ccccc2)cc1)C1CC1[n+]1ccc(-c2ccncc2)cc1.[Pr]. The summed E-state index contributed by atoms with van der Waals surface area (Å²) in [6.45, 7) is 2.26.